The molecule has 0 aromatic rings. The monoisotopic (exact) mass is 254 g/mol. The Morgan fingerprint density at radius 2 is 2.11 bits per heavy atom. The molecule has 1 atom stereocenters. The van der Waals surface area contributed by atoms with E-state index in [2.05, 4.69) is 5.32 Å². The van der Waals surface area contributed by atoms with Gasteiger partial charge < -0.3 is 15.3 Å². The lowest BCUT2D eigenvalue weighted by atomic mass is 9.68. The van der Waals surface area contributed by atoms with Crippen molar-refractivity contribution >= 4 is 17.8 Å². The molecule has 2 rings (SSSR count). The molecule has 0 aromatic carbocycles. The lowest BCUT2D eigenvalue weighted by Gasteiger charge is -2.38. The van der Waals surface area contributed by atoms with Crippen LogP contribution in [0.5, 0.6) is 0 Å². The second kappa shape index (κ2) is 4.59. The summed E-state index contributed by atoms with van der Waals surface area (Å²) in [7, 11) is 1.69. The van der Waals surface area contributed by atoms with Crippen molar-refractivity contribution < 1.29 is 19.5 Å². The number of piperidine rings is 1. The normalized spacial score (nSPS) is 26.4. The average Bonchev–Trinajstić information content (AvgIpc) is 2.21. The number of nitrogens with zero attached hydrogens (tertiary/aromatic N) is 1. The Kier molecular flexibility index (Phi) is 3.28. The molecule has 100 valence electrons. The van der Waals surface area contributed by atoms with Crippen LogP contribution in [0.3, 0.4) is 0 Å². The maximum absolute atomic E-state index is 12.0. The number of likely N-dealkylation sites (N-methyl/N-ethyl adjacent to an activating group) is 1. The van der Waals surface area contributed by atoms with Gasteiger partial charge in [0.15, 0.2) is 0 Å². The van der Waals surface area contributed by atoms with E-state index >= 15 is 0 Å². The van der Waals surface area contributed by atoms with Crippen LogP contribution < -0.4 is 5.32 Å². The number of hydrogen-bond acceptors (Lipinski definition) is 3. The number of rotatable bonds is 3. The fourth-order valence-corrected chi connectivity index (χ4v) is 2.52. The summed E-state index contributed by atoms with van der Waals surface area (Å²) >= 11 is 0. The van der Waals surface area contributed by atoms with Crippen LogP contribution in [0.25, 0.3) is 0 Å². The predicted octanol–water partition coefficient (Wildman–Crippen LogP) is -0.0217. The van der Waals surface area contributed by atoms with E-state index in [1.807, 2.05) is 0 Å². The van der Waals surface area contributed by atoms with E-state index in [4.69, 9.17) is 5.11 Å². The minimum absolute atomic E-state index is 0.0668. The first kappa shape index (κ1) is 12.9. The molecule has 18 heavy (non-hydrogen) atoms. The first-order chi connectivity index (χ1) is 8.45. The van der Waals surface area contributed by atoms with Gasteiger partial charge in [-0.25, -0.2) is 0 Å². The maximum Gasteiger partial charge on any atom is 0.319 e. The second-order valence-electron chi connectivity index (χ2n) is 5.22. The molecule has 2 amide bonds. The number of aliphatic carboxylic acids is 1. The molecular formula is C12H18N2O4. The average molecular weight is 254 g/mol. The summed E-state index contributed by atoms with van der Waals surface area (Å²) in [6.45, 7) is 0.459. The maximum atomic E-state index is 12.0. The summed E-state index contributed by atoms with van der Waals surface area (Å²) in [5.41, 5.74) is -1.22. The number of likely N-dealkylation sites (tertiary alicyclic amines) is 1. The van der Waals surface area contributed by atoms with Crippen molar-refractivity contribution in [3.05, 3.63) is 0 Å². The molecule has 1 heterocycles. The molecular weight excluding hydrogens is 236 g/mol. The van der Waals surface area contributed by atoms with Gasteiger partial charge in [-0.1, -0.05) is 6.42 Å². The summed E-state index contributed by atoms with van der Waals surface area (Å²) in [6, 6.07) is -0.128. The Hall–Kier alpha value is -1.59. The van der Waals surface area contributed by atoms with E-state index in [-0.39, 0.29) is 11.9 Å². The van der Waals surface area contributed by atoms with E-state index in [0.29, 0.717) is 32.2 Å². The lowest BCUT2D eigenvalue weighted by molar-refractivity contribution is -0.162. The zero-order valence-corrected chi connectivity index (χ0v) is 10.4. The van der Waals surface area contributed by atoms with E-state index in [9.17, 15) is 14.4 Å². The molecule has 1 unspecified atom stereocenters. The van der Waals surface area contributed by atoms with Gasteiger partial charge in [0.25, 0.3) is 0 Å². The molecule has 0 radical (unpaired) electrons. The lowest BCUT2D eigenvalue weighted by Crippen LogP contribution is -2.56. The van der Waals surface area contributed by atoms with E-state index in [0.717, 1.165) is 6.42 Å². The van der Waals surface area contributed by atoms with E-state index < -0.39 is 17.3 Å². The van der Waals surface area contributed by atoms with Gasteiger partial charge in [-0.3, -0.25) is 14.4 Å². The van der Waals surface area contributed by atoms with Crippen molar-refractivity contribution in [3.63, 3.8) is 0 Å². The van der Waals surface area contributed by atoms with E-state index in [1.165, 1.54) is 0 Å². The highest BCUT2D eigenvalue weighted by molar-refractivity contribution is 6.03. The number of carbonyl (C=O) groups excluding carboxylic acids is 2. The van der Waals surface area contributed by atoms with Gasteiger partial charge in [0.1, 0.15) is 5.41 Å². The number of hydrogen-bond donors (Lipinski definition) is 2. The summed E-state index contributed by atoms with van der Waals surface area (Å²) in [6.07, 6.45) is 2.60. The minimum Gasteiger partial charge on any atom is -0.480 e. The zero-order chi connectivity index (χ0) is 13.3. The first-order valence-corrected chi connectivity index (χ1v) is 6.24. The molecule has 0 spiro atoms. The smallest absolute Gasteiger partial charge is 0.319 e. The SMILES string of the molecule is CN1CC(NC(=O)C2(C(=O)O)CCC2)CCC1=O. The number of carboxylic acid groups (broad SMARTS) is 1. The van der Waals surface area contributed by atoms with Crippen molar-refractivity contribution in [2.75, 3.05) is 13.6 Å². The Labute approximate surface area is 105 Å². The van der Waals surface area contributed by atoms with Crippen molar-refractivity contribution in [1.82, 2.24) is 10.2 Å². The molecule has 2 N–H and O–H groups in total. The molecule has 6 nitrogen and oxygen atoms in total. The van der Waals surface area contributed by atoms with Gasteiger partial charge in [0.05, 0.1) is 0 Å². The molecule has 1 saturated carbocycles. The van der Waals surface area contributed by atoms with Gasteiger partial charge in [-0.15, -0.1) is 0 Å². The minimum atomic E-state index is -1.22. The molecule has 1 aliphatic carbocycles. The van der Waals surface area contributed by atoms with Crippen LogP contribution in [0.1, 0.15) is 32.1 Å². The third-order valence-corrected chi connectivity index (χ3v) is 4.01. The summed E-state index contributed by atoms with van der Waals surface area (Å²) in [5.74, 6) is -1.36. The van der Waals surface area contributed by atoms with Crippen molar-refractivity contribution in [2.24, 2.45) is 5.41 Å². The molecule has 1 saturated heterocycles. The van der Waals surface area contributed by atoms with Crippen molar-refractivity contribution in [2.45, 2.75) is 38.1 Å². The number of carboxylic acids is 1. The number of nitrogens with one attached hydrogen (secondary N) is 1. The van der Waals surface area contributed by atoms with Gasteiger partial charge in [0, 0.05) is 26.1 Å². The Morgan fingerprint density at radius 1 is 1.44 bits per heavy atom. The molecule has 0 aromatic heterocycles. The van der Waals surface area contributed by atoms with Crippen LogP contribution in [-0.2, 0) is 14.4 Å². The topological polar surface area (TPSA) is 86.7 Å². The van der Waals surface area contributed by atoms with Crippen molar-refractivity contribution in [1.29, 1.82) is 0 Å². The van der Waals surface area contributed by atoms with Crippen molar-refractivity contribution in [3.8, 4) is 0 Å². The third kappa shape index (κ3) is 2.07. The van der Waals surface area contributed by atoms with Gasteiger partial charge in [-0.05, 0) is 19.3 Å². The molecule has 2 aliphatic rings. The number of carbonyl (C=O) groups is 3. The Balaban J connectivity index is 1.95. The standard InChI is InChI=1S/C12H18N2O4/c1-14-7-8(3-4-9(14)15)13-10(16)12(11(17)18)5-2-6-12/h8H,2-7H2,1H3,(H,13,16)(H,17,18). The predicted molar refractivity (Wildman–Crippen MR) is 62.7 cm³/mol. The van der Waals surface area contributed by atoms with Crippen LogP contribution in [-0.4, -0.2) is 47.4 Å². The van der Waals surface area contributed by atoms with E-state index in [1.54, 1.807) is 11.9 Å². The summed E-state index contributed by atoms with van der Waals surface area (Å²) < 4.78 is 0. The van der Waals surface area contributed by atoms with Crippen LogP contribution in [0.15, 0.2) is 0 Å². The quantitative estimate of drug-likeness (QED) is 0.693. The highest BCUT2D eigenvalue weighted by atomic mass is 16.4. The third-order valence-electron chi connectivity index (χ3n) is 4.01. The fraction of sp³-hybridized carbons (Fsp3) is 0.750. The second-order valence-corrected chi connectivity index (χ2v) is 5.22. The van der Waals surface area contributed by atoms with Gasteiger partial charge in [0.2, 0.25) is 11.8 Å². The van der Waals surface area contributed by atoms with Crippen LogP contribution in [0, 0.1) is 5.41 Å². The number of amides is 2. The molecule has 0 bridgehead atoms. The highest BCUT2D eigenvalue weighted by Gasteiger charge is 2.51. The summed E-state index contributed by atoms with van der Waals surface area (Å²) in [4.78, 5) is 36.1. The largest absolute Gasteiger partial charge is 0.480 e. The first-order valence-electron chi connectivity index (χ1n) is 6.24. The van der Waals surface area contributed by atoms with Gasteiger partial charge in [-0.2, -0.15) is 0 Å². The van der Waals surface area contributed by atoms with Crippen LogP contribution in [0.4, 0.5) is 0 Å². The van der Waals surface area contributed by atoms with Crippen LogP contribution >= 0.6 is 0 Å². The highest BCUT2D eigenvalue weighted by Crippen LogP contribution is 2.41. The summed E-state index contributed by atoms with van der Waals surface area (Å²) in [5, 5.41) is 11.9. The molecule has 6 heteroatoms. The zero-order valence-electron chi connectivity index (χ0n) is 10.4. The van der Waals surface area contributed by atoms with Gasteiger partial charge >= 0.3 is 5.97 Å². The fourth-order valence-electron chi connectivity index (χ4n) is 2.52. The van der Waals surface area contributed by atoms with Crippen LogP contribution in [0.2, 0.25) is 0 Å². The molecule has 1 aliphatic heterocycles. The molecule has 2 fully saturated rings. The Bertz CT molecular complexity index is 390. The Morgan fingerprint density at radius 3 is 2.56 bits per heavy atom.